The summed E-state index contributed by atoms with van der Waals surface area (Å²) >= 11 is 0. The highest BCUT2D eigenvalue weighted by Gasteiger charge is 2.34. The molecule has 0 heterocycles. The smallest absolute Gasteiger partial charge is 0.326 e. The summed E-state index contributed by atoms with van der Waals surface area (Å²) in [6.07, 6.45) is 1.59. The van der Waals surface area contributed by atoms with Gasteiger partial charge < -0.3 is 14.2 Å². The predicted octanol–water partition coefficient (Wildman–Crippen LogP) is 2.14. The predicted molar refractivity (Wildman–Crippen MR) is 79.9 cm³/mol. The third-order valence-corrected chi connectivity index (χ3v) is 2.80. The van der Waals surface area contributed by atoms with Crippen LogP contribution < -0.4 is 5.32 Å². The van der Waals surface area contributed by atoms with E-state index in [1.54, 1.807) is 0 Å². The van der Waals surface area contributed by atoms with E-state index in [0.29, 0.717) is 32.8 Å². The number of carbonyl (C=O) groups is 1. The van der Waals surface area contributed by atoms with Crippen LogP contribution in [-0.4, -0.2) is 50.6 Å². The van der Waals surface area contributed by atoms with Crippen LogP contribution in [0.3, 0.4) is 0 Å². The lowest BCUT2D eigenvalue weighted by atomic mass is 9.97. The Morgan fingerprint density at radius 3 is 2.20 bits per heavy atom. The zero-order chi connectivity index (χ0) is 15.4. The zero-order valence-electron chi connectivity index (χ0n) is 13.7. The molecule has 0 spiro atoms. The molecule has 5 heteroatoms. The molecule has 0 amide bonds. The van der Waals surface area contributed by atoms with Crippen LogP contribution in [0, 0.1) is 0 Å². The summed E-state index contributed by atoms with van der Waals surface area (Å²) < 4.78 is 16.0. The molecule has 0 aliphatic carbocycles. The van der Waals surface area contributed by atoms with Gasteiger partial charge in [-0.05, 0) is 40.5 Å². The summed E-state index contributed by atoms with van der Waals surface area (Å²) in [4.78, 5) is 12.0. The molecule has 0 bridgehead atoms. The average molecular weight is 289 g/mol. The lowest BCUT2D eigenvalue weighted by Crippen LogP contribution is -2.53. The molecule has 0 aliphatic heterocycles. The molecule has 120 valence electrons. The molecule has 1 atom stereocenters. The van der Waals surface area contributed by atoms with Gasteiger partial charge in [0.25, 0.3) is 0 Å². The highest BCUT2D eigenvalue weighted by molar-refractivity contribution is 5.80. The number of hydrogen-bond acceptors (Lipinski definition) is 5. The van der Waals surface area contributed by atoms with Crippen molar-refractivity contribution < 1.29 is 19.0 Å². The minimum atomic E-state index is -0.700. The summed E-state index contributed by atoms with van der Waals surface area (Å²) in [5.41, 5.74) is -0.700. The molecule has 0 aromatic carbocycles. The number of carbonyl (C=O) groups excluding carboxylic acids is 1. The maximum absolute atomic E-state index is 12.0. The van der Waals surface area contributed by atoms with Gasteiger partial charge in [-0.3, -0.25) is 10.1 Å². The summed E-state index contributed by atoms with van der Waals surface area (Å²) in [7, 11) is 0. The van der Waals surface area contributed by atoms with E-state index in [9.17, 15) is 4.79 Å². The van der Waals surface area contributed by atoms with Gasteiger partial charge in [-0.15, -0.1) is 0 Å². The van der Waals surface area contributed by atoms with Crippen molar-refractivity contribution in [1.82, 2.24) is 5.32 Å². The van der Waals surface area contributed by atoms with Gasteiger partial charge in [0.2, 0.25) is 0 Å². The van der Waals surface area contributed by atoms with Gasteiger partial charge in [-0.2, -0.15) is 0 Å². The summed E-state index contributed by atoms with van der Waals surface area (Å²) in [5.74, 6) is -0.223. The molecule has 0 fully saturated rings. The number of esters is 1. The van der Waals surface area contributed by atoms with E-state index in [2.05, 4.69) is 12.2 Å². The lowest BCUT2D eigenvalue weighted by Gasteiger charge is -2.30. The molecule has 20 heavy (non-hydrogen) atoms. The van der Waals surface area contributed by atoms with E-state index in [1.165, 1.54) is 0 Å². The molecule has 0 saturated carbocycles. The topological polar surface area (TPSA) is 56.8 Å². The van der Waals surface area contributed by atoms with E-state index >= 15 is 0 Å². The average Bonchev–Trinajstić information content (AvgIpc) is 2.37. The Bertz CT molecular complexity index is 258. The molecule has 0 aromatic rings. The van der Waals surface area contributed by atoms with Gasteiger partial charge in [0.15, 0.2) is 0 Å². The molecule has 0 aromatic heterocycles. The Labute approximate surface area is 123 Å². The number of ether oxygens (including phenoxy) is 3. The summed E-state index contributed by atoms with van der Waals surface area (Å²) in [5, 5.41) is 3.27. The summed E-state index contributed by atoms with van der Waals surface area (Å²) in [6.45, 7) is 12.6. The van der Waals surface area contributed by atoms with Gasteiger partial charge in [-0.25, -0.2) is 0 Å². The van der Waals surface area contributed by atoms with Crippen molar-refractivity contribution in [3.8, 4) is 0 Å². The number of rotatable bonds is 12. The van der Waals surface area contributed by atoms with Crippen LogP contribution in [0.4, 0.5) is 0 Å². The highest BCUT2D eigenvalue weighted by atomic mass is 16.5. The van der Waals surface area contributed by atoms with Crippen molar-refractivity contribution in [3.63, 3.8) is 0 Å². The summed E-state index contributed by atoms with van der Waals surface area (Å²) in [6, 6.07) is 0.206. The fourth-order valence-electron chi connectivity index (χ4n) is 1.90. The van der Waals surface area contributed by atoms with Crippen LogP contribution in [0.1, 0.15) is 47.5 Å². The van der Waals surface area contributed by atoms with Crippen molar-refractivity contribution in [2.24, 2.45) is 0 Å². The second-order valence-electron chi connectivity index (χ2n) is 5.33. The first-order chi connectivity index (χ1) is 9.46. The normalized spacial score (nSPS) is 14.3. The van der Waals surface area contributed by atoms with E-state index in [0.717, 1.165) is 13.0 Å². The molecule has 0 saturated heterocycles. The third kappa shape index (κ3) is 8.51. The SMILES string of the molecule is CCCOCCOCCC(C)(NC(C)C)C(=O)OCC. The van der Waals surface area contributed by atoms with E-state index in [4.69, 9.17) is 14.2 Å². The van der Waals surface area contributed by atoms with Crippen LogP contribution in [0.5, 0.6) is 0 Å². The van der Waals surface area contributed by atoms with Crippen molar-refractivity contribution >= 4 is 5.97 Å². The van der Waals surface area contributed by atoms with Crippen molar-refractivity contribution in [2.45, 2.75) is 59.0 Å². The molecular formula is C15H31NO4. The molecule has 0 rings (SSSR count). The first-order valence-electron chi connectivity index (χ1n) is 7.56. The van der Waals surface area contributed by atoms with E-state index in [-0.39, 0.29) is 12.0 Å². The van der Waals surface area contributed by atoms with Crippen molar-refractivity contribution in [3.05, 3.63) is 0 Å². The van der Waals surface area contributed by atoms with Gasteiger partial charge >= 0.3 is 5.97 Å². The molecule has 0 aliphatic rings. The van der Waals surface area contributed by atoms with Crippen LogP contribution in [0.25, 0.3) is 0 Å². The molecule has 5 nitrogen and oxygen atoms in total. The van der Waals surface area contributed by atoms with Gasteiger partial charge in [-0.1, -0.05) is 6.92 Å². The van der Waals surface area contributed by atoms with Gasteiger partial charge in [0, 0.05) is 19.3 Å². The minimum Gasteiger partial charge on any atom is -0.465 e. The standard InChI is InChI=1S/C15H31NO4/c1-6-9-18-11-12-19-10-8-15(5,16-13(3)4)14(17)20-7-2/h13,16H,6-12H2,1-5H3. The molecular weight excluding hydrogens is 258 g/mol. The first-order valence-corrected chi connectivity index (χ1v) is 7.56. The maximum Gasteiger partial charge on any atom is 0.326 e. The fraction of sp³-hybridized carbons (Fsp3) is 0.933. The Balaban J connectivity index is 4.07. The van der Waals surface area contributed by atoms with Gasteiger partial charge in [0.05, 0.1) is 19.8 Å². The van der Waals surface area contributed by atoms with Crippen LogP contribution in [0.15, 0.2) is 0 Å². The van der Waals surface area contributed by atoms with Gasteiger partial charge in [0.1, 0.15) is 5.54 Å². The van der Waals surface area contributed by atoms with Crippen LogP contribution >= 0.6 is 0 Å². The fourth-order valence-corrected chi connectivity index (χ4v) is 1.90. The number of hydrogen-bond donors (Lipinski definition) is 1. The monoisotopic (exact) mass is 289 g/mol. The Kier molecular flexibility index (Phi) is 10.7. The molecule has 0 radical (unpaired) electrons. The van der Waals surface area contributed by atoms with E-state index in [1.807, 2.05) is 27.7 Å². The minimum absolute atomic E-state index is 0.206. The second kappa shape index (κ2) is 11.1. The largest absolute Gasteiger partial charge is 0.465 e. The Hall–Kier alpha value is -0.650. The first kappa shape index (κ1) is 19.4. The highest BCUT2D eigenvalue weighted by Crippen LogP contribution is 2.14. The van der Waals surface area contributed by atoms with Crippen LogP contribution in [0.2, 0.25) is 0 Å². The maximum atomic E-state index is 12.0. The molecule has 1 N–H and O–H groups in total. The van der Waals surface area contributed by atoms with Crippen molar-refractivity contribution in [1.29, 1.82) is 0 Å². The second-order valence-corrected chi connectivity index (χ2v) is 5.33. The lowest BCUT2D eigenvalue weighted by molar-refractivity contribution is -0.151. The quantitative estimate of drug-likeness (QED) is 0.440. The third-order valence-electron chi connectivity index (χ3n) is 2.80. The van der Waals surface area contributed by atoms with E-state index < -0.39 is 5.54 Å². The van der Waals surface area contributed by atoms with Crippen molar-refractivity contribution in [2.75, 3.05) is 33.0 Å². The zero-order valence-corrected chi connectivity index (χ0v) is 13.7. The number of nitrogens with one attached hydrogen (secondary N) is 1. The van der Waals surface area contributed by atoms with Crippen LogP contribution in [-0.2, 0) is 19.0 Å². The Morgan fingerprint density at radius 2 is 1.70 bits per heavy atom. The molecule has 1 unspecified atom stereocenters. The Morgan fingerprint density at radius 1 is 1.10 bits per heavy atom.